The van der Waals surface area contributed by atoms with Crippen molar-refractivity contribution in [2.24, 2.45) is 5.92 Å². The number of hydrogen-bond acceptors (Lipinski definition) is 2. The number of unbranched alkanes of at least 4 members (excludes halogenated alkanes) is 1. The highest BCUT2D eigenvalue weighted by molar-refractivity contribution is 4.75. The summed E-state index contributed by atoms with van der Waals surface area (Å²) in [4.78, 5) is 2.66. The molecule has 1 heterocycles. The Bertz CT molecular complexity index is 168. The molecule has 0 aliphatic carbocycles. The number of rotatable bonds is 6. The maximum Gasteiger partial charge on any atom is 0.0192 e. The van der Waals surface area contributed by atoms with E-state index in [1.165, 1.54) is 58.3 Å². The van der Waals surface area contributed by atoms with Crippen molar-refractivity contribution < 1.29 is 0 Å². The van der Waals surface area contributed by atoms with Crippen molar-refractivity contribution in [2.75, 3.05) is 26.2 Å². The summed E-state index contributed by atoms with van der Waals surface area (Å²) in [5.41, 5.74) is 0. The summed E-state index contributed by atoms with van der Waals surface area (Å²) in [5.74, 6) is 0.870. The molecule has 1 N–H and O–H groups in total. The van der Waals surface area contributed by atoms with Crippen molar-refractivity contribution in [1.82, 2.24) is 10.2 Å². The standard InChI is InChI=1S/C14H30N2/c1-4-14-12-16(11-7-9-15-14)10-6-5-8-13(2)3/h13-15H,4-12H2,1-3H3. The number of hydrogen-bond donors (Lipinski definition) is 1. The van der Waals surface area contributed by atoms with Crippen LogP contribution in [0.25, 0.3) is 0 Å². The summed E-state index contributed by atoms with van der Waals surface area (Å²) >= 11 is 0. The Hall–Kier alpha value is -0.0800. The first kappa shape index (κ1) is 14.0. The van der Waals surface area contributed by atoms with Gasteiger partial charge in [-0.05, 0) is 44.8 Å². The van der Waals surface area contributed by atoms with Gasteiger partial charge in [0.05, 0.1) is 0 Å². The summed E-state index contributed by atoms with van der Waals surface area (Å²) < 4.78 is 0. The number of nitrogens with zero attached hydrogens (tertiary/aromatic N) is 1. The molecule has 0 saturated carbocycles. The van der Waals surface area contributed by atoms with Gasteiger partial charge in [0.2, 0.25) is 0 Å². The lowest BCUT2D eigenvalue weighted by Crippen LogP contribution is -2.37. The molecule has 1 saturated heterocycles. The Balaban J connectivity index is 2.14. The van der Waals surface area contributed by atoms with Gasteiger partial charge in [0.15, 0.2) is 0 Å². The van der Waals surface area contributed by atoms with Gasteiger partial charge in [-0.15, -0.1) is 0 Å². The fourth-order valence-electron chi connectivity index (χ4n) is 2.44. The molecule has 0 aromatic heterocycles. The van der Waals surface area contributed by atoms with Crippen LogP contribution in [0.3, 0.4) is 0 Å². The van der Waals surface area contributed by atoms with Gasteiger partial charge in [-0.25, -0.2) is 0 Å². The van der Waals surface area contributed by atoms with E-state index in [0.717, 1.165) is 12.0 Å². The van der Waals surface area contributed by atoms with E-state index in [2.05, 4.69) is 31.0 Å². The third kappa shape index (κ3) is 5.86. The predicted octanol–water partition coefficient (Wildman–Crippen LogP) is 2.89. The quantitative estimate of drug-likeness (QED) is 0.701. The van der Waals surface area contributed by atoms with E-state index in [4.69, 9.17) is 0 Å². The second-order valence-electron chi connectivity index (χ2n) is 5.60. The van der Waals surface area contributed by atoms with Crippen LogP contribution in [0.1, 0.15) is 52.9 Å². The molecule has 0 amide bonds. The Morgan fingerprint density at radius 1 is 1.31 bits per heavy atom. The SMILES string of the molecule is CCC1CN(CCCCC(C)C)CCCN1. The summed E-state index contributed by atoms with van der Waals surface area (Å²) in [5, 5.41) is 3.63. The Kier molecular flexibility index (Phi) is 7.06. The molecule has 96 valence electrons. The van der Waals surface area contributed by atoms with Gasteiger partial charge in [0.25, 0.3) is 0 Å². The topological polar surface area (TPSA) is 15.3 Å². The summed E-state index contributed by atoms with van der Waals surface area (Å²) in [6, 6.07) is 0.729. The van der Waals surface area contributed by atoms with E-state index < -0.39 is 0 Å². The monoisotopic (exact) mass is 226 g/mol. The normalized spacial score (nSPS) is 23.6. The second-order valence-corrected chi connectivity index (χ2v) is 5.60. The molecule has 0 aromatic rings. The lowest BCUT2D eigenvalue weighted by molar-refractivity contribution is 0.258. The van der Waals surface area contributed by atoms with Gasteiger partial charge in [-0.3, -0.25) is 0 Å². The molecule has 1 aliphatic rings. The van der Waals surface area contributed by atoms with Crippen LogP contribution in [0.4, 0.5) is 0 Å². The molecule has 0 bridgehead atoms. The van der Waals surface area contributed by atoms with E-state index >= 15 is 0 Å². The van der Waals surface area contributed by atoms with Gasteiger partial charge < -0.3 is 10.2 Å². The summed E-state index contributed by atoms with van der Waals surface area (Å²) in [7, 11) is 0. The average Bonchev–Trinajstić information content (AvgIpc) is 2.49. The highest BCUT2D eigenvalue weighted by Gasteiger charge is 2.15. The van der Waals surface area contributed by atoms with E-state index in [1.807, 2.05) is 0 Å². The van der Waals surface area contributed by atoms with Crippen molar-refractivity contribution >= 4 is 0 Å². The zero-order valence-corrected chi connectivity index (χ0v) is 11.5. The van der Waals surface area contributed by atoms with Crippen LogP contribution in [0.5, 0.6) is 0 Å². The van der Waals surface area contributed by atoms with Crippen molar-refractivity contribution in [3.63, 3.8) is 0 Å². The molecule has 0 aromatic carbocycles. The fourth-order valence-corrected chi connectivity index (χ4v) is 2.44. The smallest absolute Gasteiger partial charge is 0.0192 e. The molecule has 2 heteroatoms. The molecular formula is C14H30N2. The molecule has 0 spiro atoms. The molecule has 1 aliphatic heterocycles. The third-order valence-electron chi connectivity index (χ3n) is 3.56. The minimum atomic E-state index is 0.729. The molecule has 1 unspecified atom stereocenters. The maximum absolute atomic E-state index is 3.63. The van der Waals surface area contributed by atoms with Crippen LogP contribution in [-0.4, -0.2) is 37.1 Å². The molecule has 1 rings (SSSR count). The highest BCUT2D eigenvalue weighted by Crippen LogP contribution is 2.09. The van der Waals surface area contributed by atoms with Crippen LogP contribution < -0.4 is 5.32 Å². The van der Waals surface area contributed by atoms with Gasteiger partial charge in [-0.2, -0.15) is 0 Å². The van der Waals surface area contributed by atoms with Crippen molar-refractivity contribution in [1.29, 1.82) is 0 Å². The minimum Gasteiger partial charge on any atom is -0.313 e. The Labute approximate surface area is 102 Å². The molecule has 1 atom stereocenters. The fraction of sp³-hybridized carbons (Fsp3) is 1.00. The molecule has 2 nitrogen and oxygen atoms in total. The molecule has 0 radical (unpaired) electrons. The summed E-state index contributed by atoms with van der Waals surface area (Å²) in [6.45, 7) is 12.0. The first-order valence-electron chi connectivity index (χ1n) is 7.18. The Morgan fingerprint density at radius 3 is 2.81 bits per heavy atom. The largest absolute Gasteiger partial charge is 0.313 e. The van der Waals surface area contributed by atoms with Gasteiger partial charge in [-0.1, -0.05) is 33.6 Å². The highest BCUT2D eigenvalue weighted by atomic mass is 15.2. The van der Waals surface area contributed by atoms with Crippen LogP contribution >= 0.6 is 0 Å². The molecule has 1 fully saturated rings. The van der Waals surface area contributed by atoms with Gasteiger partial charge in [0.1, 0.15) is 0 Å². The zero-order chi connectivity index (χ0) is 11.8. The lowest BCUT2D eigenvalue weighted by atomic mass is 10.1. The second kappa shape index (κ2) is 8.08. The maximum atomic E-state index is 3.63. The minimum absolute atomic E-state index is 0.729. The summed E-state index contributed by atoms with van der Waals surface area (Å²) in [6.07, 6.45) is 6.76. The third-order valence-corrected chi connectivity index (χ3v) is 3.56. The van der Waals surface area contributed by atoms with E-state index in [0.29, 0.717) is 0 Å². The first-order valence-corrected chi connectivity index (χ1v) is 7.18. The van der Waals surface area contributed by atoms with E-state index in [9.17, 15) is 0 Å². The number of nitrogens with one attached hydrogen (secondary N) is 1. The molecular weight excluding hydrogens is 196 g/mol. The van der Waals surface area contributed by atoms with Crippen molar-refractivity contribution in [3.05, 3.63) is 0 Å². The van der Waals surface area contributed by atoms with Gasteiger partial charge >= 0.3 is 0 Å². The first-order chi connectivity index (χ1) is 7.72. The van der Waals surface area contributed by atoms with Crippen LogP contribution in [-0.2, 0) is 0 Å². The van der Waals surface area contributed by atoms with Crippen LogP contribution in [0.15, 0.2) is 0 Å². The predicted molar refractivity (Wildman–Crippen MR) is 71.8 cm³/mol. The zero-order valence-electron chi connectivity index (χ0n) is 11.5. The lowest BCUT2D eigenvalue weighted by Gasteiger charge is -2.23. The van der Waals surface area contributed by atoms with Gasteiger partial charge in [0, 0.05) is 12.6 Å². The van der Waals surface area contributed by atoms with Crippen LogP contribution in [0.2, 0.25) is 0 Å². The van der Waals surface area contributed by atoms with Crippen molar-refractivity contribution in [3.8, 4) is 0 Å². The Morgan fingerprint density at radius 2 is 2.12 bits per heavy atom. The van der Waals surface area contributed by atoms with E-state index in [-0.39, 0.29) is 0 Å². The average molecular weight is 226 g/mol. The molecule has 16 heavy (non-hydrogen) atoms. The van der Waals surface area contributed by atoms with Crippen molar-refractivity contribution in [2.45, 2.75) is 58.9 Å². The van der Waals surface area contributed by atoms with Crippen LogP contribution in [0, 0.1) is 5.92 Å². The van der Waals surface area contributed by atoms with E-state index in [1.54, 1.807) is 0 Å².